The number of carbonyl (C=O) groups excluding carboxylic acids is 1. The molecule has 5 rings (SSSR count). The van der Waals surface area contributed by atoms with Gasteiger partial charge in [-0.25, -0.2) is 0 Å². The Labute approximate surface area is 199 Å². The van der Waals surface area contributed by atoms with Crippen molar-refractivity contribution in [1.29, 1.82) is 0 Å². The summed E-state index contributed by atoms with van der Waals surface area (Å²) in [4.78, 5) is 15.5. The van der Waals surface area contributed by atoms with Crippen LogP contribution in [0.5, 0.6) is 0 Å². The van der Waals surface area contributed by atoms with Gasteiger partial charge >= 0.3 is 0 Å². The highest BCUT2D eigenvalue weighted by Gasteiger charge is 2.38. The maximum atomic E-state index is 13.4. The summed E-state index contributed by atoms with van der Waals surface area (Å²) < 4.78 is 6.18. The first-order valence-electron chi connectivity index (χ1n) is 13.2. The summed E-state index contributed by atoms with van der Waals surface area (Å²) in [6, 6.07) is 9.18. The fourth-order valence-corrected chi connectivity index (χ4v) is 6.75. The van der Waals surface area contributed by atoms with Crippen molar-refractivity contribution < 1.29 is 9.21 Å². The minimum absolute atomic E-state index is 0.0999. The van der Waals surface area contributed by atoms with Gasteiger partial charge in [0.25, 0.3) is 5.91 Å². The smallest absolute Gasteiger partial charge is 0.289 e. The van der Waals surface area contributed by atoms with Crippen LogP contribution in [-0.2, 0) is 17.3 Å². The third-order valence-electron chi connectivity index (χ3n) is 9.05. The molecule has 2 aromatic rings. The number of fused-ring (bicyclic) bond motifs is 2. The first kappa shape index (κ1) is 22.7. The second-order valence-electron chi connectivity index (χ2n) is 12.3. The van der Waals surface area contributed by atoms with Gasteiger partial charge in [0.05, 0.1) is 0 Å². The van der Waals surface area contributed by atoms with E-state index in [-0.39, 0.29) is 16.7 Å². The average Bonchev–Trinajstić information content (AvgIpc) is 3.26. The average molecular weight is 448 g/mol. The monoisotopic (exact) mass is 447 g/mol. The summed E-state index contributed by atoms with van der Waals surface area (Å²) in [5.74, 6) is 2.21. The predicted octanol–water partition coefficient (Wildman–Crippen LogP) is 7.32. The Bertz CT molecular complexity index is 1040. The number of rotatable bonds is 3. The molecule has 2 fully saturated rings. The number of piperidine rings is 1. The second kappa shape index (κ2) is 8.32. The van der Waals surface area contributed by atoms with Crippen molar-refractivity contribution in [2.75, 3.05) is 6.54 Å². The molecule has 2 heterocycles. The molecule has 2 atom stereocenters. The van der Waals surface area contributed by atoms with Gasteiger partial charge in [0.15, 0.2) is 5.76 Å². The zero-order valence-corrected chi connectivity index (χ0v) is 21.3. The van der Waals surface area contributed by atoms with E-state index < -0.39 is 0 Å². The molecule has 1 aromatic carbocycles. The highest BCUT2D eigenvalue weighted by atomic mass is 16.4. The maximum Gasteiger partial charge on any atom is 0.289 e. The molecule has 3 heteroatoms. The highest BCUT2D eigenvalue weighted by molar-refractivity contribution is 5.92. The molecular formula is C30H41NO2. The molecule has 33 heavy (non-hydrogen) atoms. The largest absolute Gasteiger partial charge is 0.456 e. The van der Waals surface area contributed by atoms with Gasteiger partial charge in [-0.3, -0.25) is 4.79 Å². The summed E-state index contributed by atoms with van der Waals surface area (Å²) in [5.41, 5.74) is 6.05. The standard InChI is InChI=1S/C30H41NO2/c1-20-17-24-25(30(4,5)15-14-29(24,2)3)19-22(20)18-23-12-13-27(33-23)28(32)31-16-8-10-21-9-6-7-11-26(21)31/h12-13,17,19,21,26H,6-11,14-16,18H2,1-5H3. The zero-order valence-electron chi connectivity index (χ0n) is 21.3. The van der Waals surface area contributed by atoms with E-state index in [1.807, 2.05) is 12.1 Å². The minimum atomic E-state index is 0.0999. The first-order valence-corrected chi connectivity index (χ1v) is 13.2. The molecule has 1 saturated carbocycles. The Morgan fingerprint density at radius 3 is 2.39 bits per heavy atom. The summed E-state index contributed by atoms with van der Waals surface area (Å²) in [5, 5.41) is 0. The number of carbonyl (C=O) groups is 1. The molecule has 0 N–H and O–H groups in total. The lowest BCUT2D eigenvalue weighted by Gasteiger charge is -2.43. The van der Waals surface area contributed by atoms with E-state index in [0.29, 0.717) is 17.7 Å². The van der Waals surface area contributed by atoms with Crippen LogP contribution in [-0.4, -0.2) is 23.4 Å². The molecule has 3 aliphatic rings. The van der Waals surface area contributed by atoms with E-state index in [9.17, 15) is 4.79 Å². The van der Waals surface area contributed by atoms with Crippen molar-refractivity contribution in [3.8, 4) is 0 Å². The molecule has 0 spiro atoms. The van der Waals surface area contributed by atoms with Crippen LogP contribution >= 0.6 is 0 Å². The van der Waals surface area contributed by atoms with E-state index >= 15 is 0 Å². The fourth-order valence-electron chi connectivity index (χ4n) is 6.75. The summed E-state index contributed by atoms with van der Waals surface area (Å²) in [6.45, 7) is 12.6. The van der Waals surface area contributed by atoms with E-state index in [2.05, 4.69) is 51.7 Å². The van der Waals surface area contributed by atoms with Gasteiger partial charge in [-0.05, 0) is 96.6 Å². The third kappa shape index (κ3) is 4.17. The lowest BCUT2D eigenvalue weighted by Crippen LogP contribution is -2.49. The molecule has 178 valence electrons. The van der Waals surface area contributed by atoms with Gasteiger partial charge in [-0.2, -0.15) is 0 Å². The zero-order chi connectivity index (χ0) is 23.4. The maximum absolute atomic E-state index is 13.4. The van der Waals surface area contributed by atoms with Gasteiger partial charge in [-0.15, -0.1) is 0 Å². The normalized spacial score (nSPS) is 25.9. The quantitative estimate of drug-likeness (QED) is 0.494. The minimum Gasteiger partial charge on any atom is -0.456 e. The van der Waals surface area contributed by atoms with Crippen molar-refractivity contribution in [2.24, 2.45) is 5.92 Å². The fraction of sp³-hybridized carbons (Fsp3) is 0.633. The van der Waals surface area contributed by atoms with Crippen LogP contribution in [0.4, 0.5) is 0 Å². The van der Waals surface area contributed by atoms with Gasteiger partial charge in [0.2, 0.25) is 0 Å². The Morgan fingerprint density at radius 2 is 1.64 bits per heavy atom. The Morgan fingerprint density at radius 1 is 0.970 bits per heavy atom. The number of aryl methyl sites for hydroxylation is 1. The number of amides is 1. The van der Waals surface area contributed by atoms with Crippen LogP contribution in [0, 0.1) is 12.8 Å². The van der Waals surface area contributed by atoms with Crippen LogP contribution in [0.25, 0.3) is 0 Å². The van der Waals surface area contributed by atoms with Crippen LogP contribution in [0.2, 0.25) is 0 Å². The van der Waals surface area contributed by atoms with E-state index in [0.717, 1.165) is 31.6 Å². The van der Waals surface area contributed by atoms with E-state index in [1.165, 1.54) is 60.8 Å². The number of furan rings is 1. The van der Waals surface area contributed by atoms with E-state index in [1.54, 1.807) is 0 Å². The SMILES string of the molecule is Cc1cc2c(cc1Cc1ccc(C(=O)N3CCCC4CCCCC43)o1)C(C)(C)CCC2(C)C. The Balaban J connectivity index is 1.38. The van der Waals surface area contributed by atoms with Crippen molar-refractivity contribution in [1.82, 2.24) is 4.90 Å². The van der Waals surface area contributed by atoms with E-state index in [4.69, 9.17) is 4.42 Å². The van der Waals surface area contributed by atoms with Crippen molar-refractivity contribution in [3.05, 3.63) is 58.0 Å². The molecule has 2 unspecified atom stereocenters. The lowest BCUT2D eigenvalue weighted by atomic mass is 9.62. The Kier molecular flexibility index (Phi) is 5.74. The van der Waals surface area contributed by atoms with Gasteiger partial charge in [0, 0.05) is 19.0 Å². The third-order valence-corrected chi connectivity index (χ3v) is 9.05. The van der Waals surface area contributed by atoms with Crippen LogP contribution in [0.1, 0.15) is 118 Å². The molecule has 1 amide bonds. The molecule has 0 bridgehead atoms. The molecule has 3 nitrogen and oxygen atoms in total. The number of nitrogens with zero attached hydrogens (tertiary/aromatic N) is 1. The summed E-state index contributed by atoms with van der Waals surface area (Å²) in [7, 11) is 0. The van der Waals surface area contributed by atoms with Crippen LogP contribution in [0.15, 0.2) is 28.7 Å². The number of likely N-dealkylation sites (tertiary alicyclic amines) is 1. The molecule has 2 aliphatic carbocycles. The molecule has 1 saturated heterocycles. The molecule has 0 radical (unpaired) electrons. The van der Waals surface area contributed by atoms with Crippen molar-refractivity contribution >= 4 is 5.91 Å². The first-order chi connectivity index (χ1) is 15.7. The summed E-state index contributed by atoms with van der Waals surface area (Å²) in [6.07, 6.45) is 10.6. The number of hydrogen-bond donors (Lipinski definition) is 0. The van der Waals surface area contributed by atoms with Crippen LogP contribution in [0.3, 0.4) is 0 Å². The topological polar surface area (TPSA) is 33.5 Å². The Hall–Kier alpha value is -2.03. The lowest BCUT2D eigenvalue weighted by molar-refractivity contribution is 0.0361. The molecule has 1 aliphatic heterocycles. The van der Waals surface area contributed by atoms with Gasteiger partial charge in [-0.1, -0.05) is 52.7 Å². The number of hydrogen-bond acceptors (Lipinski definition) is 2. The highest BCUT2D eigenvalue weighted by Crippen LogP contribution is 2.46. The van der Waals surface area contributed by atoms with Crippen molar-refractivity contribution in [3.63, 3.8) is 0 Å². The van der Waals surface area contributed by atoms with Gasteiger partial charge < -0.3 is 9.32 Å². The molecule has 1 aromatic heterocycles. The number of benzene rings is 1. The second-order valence-corrected chi connectivity index (χ2v) is 12.3. The summed E-state index contributed by atoms with van der Waals surface area (Å²) >= 11 is 0. The van der Waals surface area contributed by atoms with Crippen molar-refractivity contribution in [2.45, 2.75) is 109 Å². The van der Waals surface area contributed by atoms with Crippen LogP contribution < -0.4 is 0 Å². The van der Waals surface area contributed by atoms with Gasteiger partial charge in [0.1, 0.15) is 5.76 Å². The predicted molar refractivity (Wildman–Crippen MR) is 134 cm³/mol. The molecular weight excluding hydrogens is 406 g/mol.